The molecule has 5 nitrogen and oxygen atoms in total. The molecule has 0 radical (unpaired) electrons. The van der Waals surface area contributed by atoms with E-state index in [1.54, 1.807) is 12.1 Å². The Morgan fingerprint density at radius 3 is 2.47 bits per heavy atom. The predicted octanol–water partition coefficient (Wildman–Crippen LogP) is 1.47. The maximum Gasteiger partial charge on any atom is 0.153 e. The van der Waals surface area contributed by atoms with Crippen molar-refractivity contribution >= 4 is 25.8 Å². The van der Waals surface area contributed by atoms with E-state index in [1.807, 2.05) is 0 Å². The van der Waals surface area contributed by atoms with Crippen molar-refractivity contribution in [3.8, 4) is 11.5 Å². The van der Waals surface area contributed by atoms with Gasteiger partial charge in [-0.1, -0.05) is 0 Å². The molecule has 0 saturated carbocycles. The zero-order valence-electron chi connectivity index (χ0n) is 10.6. The summed E-state index contributed by atoms with van der Waals surface area (Å²) < 4.78 is 34.2. The summed E-state index contributed by atoms with van der Waals surface area (Å²) >= 11 is 3.34. The lowest BCUT2D eigenvalue weighted by Gasteiger charge is -2.25. The number of hydrogen-bond acceptors (Lipinski definition) is 5. The standard InChI is InChI=1S/C12H15BrO5S/c1-17-9-4-3-8(11(18-2)10(9)13)12(14)5-6-19(15,16)7-12/h3-4,14H,5-7H2,1-2H3. The first kappa shape index (κ1) is 14.6. The Hall–Kier alpha value is -0.790. The highest BCUT2D eigenvalue weighted by Gasteiger charge is 2.44. The number of sulfone groups is 1. The lowest BCUT2D eigenvalue weighted by atomic mass is 9.92. The van der Waals surface area contributed by atoms with Crippen molar-refractivity contribution in [2.24, 2.45) is 0 Å². The number of benzene rings is 1. The largest absolute Gasteiger partial charge is 0.495 e. The molecule has 1 aliphatic heterocycles. The molecule has 1 heterocycles. The summed E-state index contributed by atoms with van der Waals surface area (Å²) in [6.45, 7) is 0. The highest BCUT2D eigenvalue weighted by molar-refractivity contribution is 9.10. The third-order valence-corrected chi connectivity index (χ3v) is 5.77. The quantitative estimate of drug-likeness (QED) is 0.893. The topological polar surface area (TPSA) is 72.8 Å². The van der Waals surface area contributed by atoms with Crippen molar-refractivity contribution in [1.82, 2.24) is 0 Å². The molecule has 1 saturated heterocycles. The minimum absolute atomic E-state index is 0.0176. The van der Waals surface area contributed by atoms with Crippen LogP contribution in [0.25, 0.3) is 0 Å². The monoisotopic (exact) mass is 350 g/mol. The van der Waals surface area contributed by atoms with Gasteiger partial charge in [-0.05, 0) is 34.5 Å². The van der Waals surface area contributed by atoms with Gasteiger partial charge in [0.25, 0.3) is 0 Å². The smallest absolute Gasteiger partial charge is 0.153 e. The van der Waals surface area contributed by atoms with E-state index in [0.717, 1.165) is 0 Å². The van der Waals surface area contributed by atoms with Gasteiger partial charge >= 0.3 is 0 Å². The average Bonchev–Trinajstić information content (AvgIpc) is 2.64. The Morgan fingerprint density at radius 2 is 2.00 bits per heavy atom. The highest BCUT2D eigenvalue weighted by Crippen LogP contribution is 2.45. The van der Waals surface area contributed by atoms with Crippen LogP contribution < -0.4 is 9.47 Å². The van der Waals surface area contributed by atoms with Gasteiger partial charge in [-0.15, -0.1) is 0 Å². The average molecular weight is 351 g/mol. The molecule has 1 fully saturated rings. The van der Waals surface area contributed by atoms with Gasteiger partial charge in [0.05, 0.1) is 25.7 Å². The molecule has 1 aliphatic rings. The van der Waals surface area contributed by atoms with Crippen LogP contribution >= 0.6 is 15.9 Å². The molecule has 1 unspecified atom stereocenters. The summed E-state index contributed by atoms with van der Waals surface area (Å²) in [4.78, 5) is 0. The van der Waals surface area contributed by atoms with Crippen LogP contribution in [0.15, 0.2) is 16.6 Å². The second-order valence-electron chi connectivity index (χ2n) is 4.54. The number of hydrogen-bond donors (Lipinski definition) is 1. The fraction of sp³-hybridized carbons (Fsp3) is 0.500. The molecule has 2 rings (SSSR count). The minimum atomic E-state index is -3.21. The molecule has 0 aromatic heterocycles. The number of halogens is 1. The molecule has 1 aromatic rings. The van der Waals surface area contributed by atoms with Gasteiger partial charge in [0, 0.05) is 5.56 Å². The zero-order chi connectivity index (χ0) is 14.3. The molecular formula is C12H15BrO5S. The van der Waals surface area contributed by atoms with Gasteiger partial charge in [-0.25, -0.2) is 8.42 Å². The summed E-state index contributed by atoms with van der Waals surface area (Å²) in [5.41, 5.74) is -0.942. The van der Waals surface area contributed by atoms with Crippen molar-refractivity contribution in [3.05, 3.63) is 22.2 Å². The first-order chi connectivity index (χ1) is 8.83. The van der Waals surface area contributed by atoms with E-state index < -0.39 is 15.4 Å². The molecule has 1 aromatic carbocycles. The molecular weight excluding hydrogens is 336 g/mol. The summed E-state index contributed by atoms with van der Waals surface area (Å²) in [5, 5.41) is 10.6. The van der Waals surface area contributed by atoms with E-state index in [9.17, 15) is 13.5 Å². The van der Waals surface area contributed by atoms with Gasteiger partial charge in [0.1, 0.15) is 21.6 Å². The molecule has 19 heavy (non-hydrogen) atoms. The van der Waals surface area contributed by atoms with Crippen LogP contribution in [0.4, 0.5) is 0 Å². The van der Waals surface area contributed by atoms with Crippen LogP contribution in [0.3, 0.4) is 0 Å². The van der Waals surface area contributed by atoms with Crippen molar-refractivity contribution in [2.75, 3.05) is 25.7 Å². The second-order valence-corrected chi connectivity index (χ2v) is 7.51. The SMILES string of the molecule is COc1ccc(C2(O)CCS(=O)(=O)C2)c(OC)c1Br. The molecule has 0 aliphatic carbocycles. The summed E-state index contributed by atoms with van der Waals surface area (Å²) in [6, 6.07) is 3.31. The van der Waals surface area contributed by atoms with E-state index in [4.69, 9.17) is 9.47 Å². The molecule has 7 heteroatoms. The Balaban J connectivity index is 2.55. The van der Waals surface area contributed by atoms with E-state index in [1.165, 1.54) is 14.2 Å². The summed E-state index contributed by atoms with van der Waals surface area (Å²) in [5.74, 6) is 0.662. The number of methoxy groups -OCH3 is 2. The normalized spacial score (nSPS) is 25.3. The first-order valence-electron chi connectivity index (χ1n) is 5.67. The van der Waals surface area contributed by atoms with Crippen molar-refractivity contribution in [3.63, 3.8) is 0 Å². The van der Waals surface area contributed by atoms with Crippen molar-refractivity contribution in [2.45, 2.75) is 12.0 Å². The fourth-order valence-electron chi connectivity index (χ4n) is 2.31. The van der Waals surface area contributed by atoms with Crippen LogP contribution in [0, 0.1) is 0 Å². The second kappa shape index (κ2) is 4.96. The van der Waals surface area contributed by atoms with E-state index in [0.29, 0.717) is 21.5 Å². The Bertz CT molecular complexity index is 598. The first-order valence-corrected chi connectivity index (χ1v) is 8.28. The number of ether oxygens (including phenoxy) is 2. The van der Waals surface area contributed by atoms with Crippen LogP contribution in [-0.2, 0) is 15.4 Å². The third kappa shape index (κ3) is 2.59. The lowest BCUT2D eigenvalue weighted by Crippen LogP contribution is -2.27. The van der Waals surface area contributed by atoms with Gasteiger partial charge in [-0.3, -0.25) is 0 Å². The van der Waals surface area contributed by atoms with Crippen LogP contribution in [-0.4, -0.2) is 39.2 Å². The maximum atomic E-state index is 11.6. The third-order valence-electron chi connectivity index (χ3n) is 3.27. The van der Waals surface area contributed by atoms with E-state index in [-0.39, 0.29) is 17.9 Å². The van der Waals surface area contributed by atoms with Gasteiger partial charge in [-0.2, -0.15) is 0 Å². The van der Waals surface area contributed by atoms with E-state index in [2.05, 4.69) is 15.9 Å². The van der Waals surface area contributed by atoms with Gasteiger partial charge in [0.15, 0.2) is 9.84 Å². The highest BCUT2D eigenvalue weighted by atomic mass is 79.9. The maximum absolute atomic E-state index is 11.6. The molecule has 0 amide bonds. The lowest BCUT2D eigenvalue weighted by molar-refractivity contribution is 0.0623. The fourth-order valence-corrected chi connectivity index (χ4v) is 4.80. The van der Waals surface area contributed by atoms with Crippen LogP contribution in [0.1, 0.15) is 12.0 Å². The van der Waals surface area contributed by atoms with Crippen LogP contribution in [0.5, 0.6) is 11.5 Å². The number of aliphatic hydroxyl groups is 1. The van der Waals surface area contributed by atoms with Crippen molar-refractivity contribution < 1.29 is 23.0 Å². The van der Waals surface area contributed by atoms with Gasteiger partial charge in [0.2, 0.25) is 0 Å². The zero-order valence-corrected chi connectivity index (χ0v) is 13.0. The molecule has 1 atom stereocenters. The Labute approximate surface area is 120 Å². The van der Waals surface area contributed by atoms with Crippen molar-refractivity contribution in [1.29, 1.82) is 0 Å². The molecule has 106 valence electrons. The summed E-state index contributed by atoms with van der Waals surface area (Å²) in [7, 11) is -0.218. The Kier molecular flexibility index (Phi) is 3.81. The Morgan fingerprint density at radius 1 is 1.32 bits per heavy atom. The summed E-state index contributed by atoms with van der Waals surface area (Å²) in [6.07, 6.45) is 0.171. The van der Waals surface area contributed by atoms with E-state index >= 15 is 0 Å². The minimum Gasteiger partial charge on any atom is -0.495 e. The molecule has 0 spiro atoms. The van der Waals surface area contributed by atoms with Crippen LogP contribution in [0.2, 0.25) is 0 Å². The molecule has 0 bridgehead atoms. The number of rotatable bonds is 3. The predicted molar refractivity (Wildman–Crippen MR) is 74.4 cm³/mol. The molecule has 1 N–H and O–H groups in total. The van der Waals surface area contributed by atoms with Gasteiger partial charge < -0.3 is 14.6 Å².